The van der Waals surface area contributed by atoms with Gasteiger partial charge >= 0.3 is 0 Å². The maximum absolute atomic E-state index is 5.52. The van der Waals surface area contributed by atoms with Gasteiger partial charge in [-0.25, -0.2) is 0 Å². The molecule has 0 aliphatic heterocycles. The summed E-state index contributed by atoms with van der Waals surface area (Å²) in [5.74, 6) is 1.83. The highest BCUT2D eigenvalue weighted by molar-refractivity contribution is 5.71. The first-order valence-electron chi connectivity index (χ1n) is 20.7. The number of hydrogen-bond acceptors (Lipinski definition) is 4. The van der Waals surface area contributed by atoms with E-state index in [2.05, 4.69) is 121 Å². The van der Waals surface area contributed by atoms with Crippen LogP contribution in [-0.4, -0.2) is 23.2 Å². The molecule has 0 aliphatic carbocycles. The molecule has 0 saturated heterocycles. The van der Waals surface area contributed by atoms with E-state index >= 15 is 0 Å². The lowest BCUT2D eigenvalue weighted by molar-refractivity contribution is 0.340. The maximum Gasteiger partial charge on any atom is 0.119 e. The van der Waals surface area contributed by atoms with E-state index in [-0.39, 0.29) is 0 Å². The lowest BCUT2D eigenvalue weighted by Crippen LogP contribution is -1.91. The average Bonchev–Trinajstić information content (AvgIpc) is 3.24. The Labute approximate surface area is 331 Å². The Balaban J connectivity index is 0.000000211. The van der Waals surface area contributed by atoms with Gasteiger partial charge in [-0.2, -0.15) is 0 Å². The minimum absolute atomic E-state index is 0.694. The number of benzene rings is 4. The number of pyridine rings is 2. The van der Waals surface area contributed by atoms with E-state index in [0.29, 0.717) is 13.2 Å². The minimum atomic E-state index is 0.694. The summed E-state index contributed by atoms with van der Waals surface area (Å²) in [7, 11) is 0. The van der Waals surface area contributed by atoms with Gasteiger partial charge in [-0.15, -0.1) is 0 Å². The van der Waals surface area contributed by atoms with Gasteiger partial charge in [-0.05, 0) is 109 Å². The average molecular weight is 733 g/mol. The largest absolute Gasteiger partial charge is 0.494 e. The monoisotopic (exact) mass is 732 g/mol. The van der Waals surface area contributed by atoms with Crippen LogP contribution in [0.25, 0.3) is 44.5 Å². The summed E-state index contributed by atoms with van der Waals surface area (Å²) in [6.07, 6.45) is 17.8. The Hall–Kier alpha value is -5.22. The van der Waals surface area contributed by atoms with Crippen LogP contribution in [0, 0.1) is 0 Å². The van der Waals surface area contributed by atoms with Crippen molar-refractivity contribution < 1.29 is 9.47 Å². The predicted octanol–water partition coefficient (Wildman–Crippen LogP) is 14.3. The number of ether oxygens (including phenoxy) is 2. The van der Waals surface area contributed by atoms with Crippen molar-refractivity contribution in [2.24, 2.45) is 0 Å². The summed E-state index contributed by atoms with van der Waals surface area (Å²) in [5.41, 5.74) is 12.0. The summed E-state index contributed by atoms with van der Waals surface area (Å²) < 4.78 is 11.0. The Kier molecular flexibility index (Phi) is 17.0. The third kappa shape index (κ3) is 13.2. The highest BCUT2D eigenvalue weighted by atomic mass is 16.5. The standard InChI is InChI=1S/C26H31NO.C25H29NO/c1-3-5-6-7-8-9-25-17-14-24(20-27-25)23-12-10-21(11-13-23)22-15-18-26(19-16-22)28-4-2;1-3-5-6-7-8-24-16-13-23(19-26-24)22-11-9-20(10-12-22)21-14-17-25(18-15-21)27-4-2/h10-20H,3-9H2,1-2H3;9-19H,3-8H2,1-2H3. The Morgan fingerprint density at radius 1 is 0.327 bits per heavy atom. The zero-order valence-corrected chi connectivity index (χ0v) is 33.6. The van der Waals surface area contributed by atoms with Crippen molar-refractivity contribution in [3.8, 4) is 56.0 Å². The molecule has 4 nitrogen and oxygen atoms in total. The van der Waals surface area contributed by atoms with Crippen molar-refractivity contribution >= 4 is 0 Å². The molecule has 0 spiro atoms. The molecule has 2 aromatic heterocycles. The van der Waals surface area contributed by atoms with Crippen LogP contribution in [0.2, 0.25) is 0 Å². The van der Waals surface area contributed by atoms with Gasteiger partial charge in [0.2, 0.25) is 0 Å². The zero-order chi connectivity index (χ0) is 38.5. The normalized spacial score (nSPS) is 10.8. The molecule has 0 N–H and O–H groups in total. The Bertz CT molecular complexity index is 1920. The number of aryl methyl sites for hydroxylation is 2. The smallest absolute Gasteiger partial charge is 0.119 e. The van der Waals surface area contributed by atoms with Gasteiger partial charge < -0.3 is 9.47 Å². The van der Waals surface area contributed by atoms with E-state index in [1.807, 2.05) is 50.5 Å². The lowest BCUT2D eigenvalue weighted by Gasteiger charge is -2.07. The van der Waals surface area contributed by atoms with Gasteiger partial charge in [0.05, 0.1) is 13.2 Å². The Morgan fingerprint density at radius 3 is 0.927 bits per heavy atom. The van der Waals surface area contributed by atoms with Crippen molar-refractivity contribution in [3.63, 3.8) is 0 Å². The first-order chi connectivity index (χ1) is 27.1. The second-order valence-corrected chi connectivity index (χ2v) is 14.1. The zero-order valence-electron chi connectivity index (χ0n) is 33.6. The highest BCUT2D eigenvalue weighted by Crippen LogP contribution is 2.28. The van der Waals surface area contributed by atoms with E-state index in [9.17, 15) is 0 Å². The molecule has 55 heavy (non-hydrogen) atoms. The van der Waals surface area contributed by atoms with Crippen LogP contribution in [-0.2, 0) is 12.8 Å². The number of rotatable bonds is 19. The molecule has 6 aromatic rings. The molecular weight excluding hydrogens is 673 g/mol. The van der Waals surface area contributed by atoms with E-state index in [0.717, 1.165) is 24.3 Å². The SMILES string of the molecule is CCCCCCCc1ccc(-c2ccc(-c3ccc(OCC)cc3)cc2)cn1.CCCCCCc1ccc(-c2ccc(-c3ccc(OCC)cc3)cc2)cn1. The van der Waals surface area contributed by atoms with E-state index < -0.39 is 0 Å². The van der Waals surface area contributed by atoms with Crippen molar-refractivity contribution in [1.82, 2.24) is 9.97 Å². The number of unbranched alkanes of at least 4 members (excludes halogenated alkanes) is 7. The summed E-state index contributed by atoms with van der Waals surface area (Å²) in [4.78, 5) is 9.31. The Morgan fingerprint density at radius 2 is 0.618 bits per heavy atom. The van der Waals surface area contributed by atoms with Crippen LogP contribution >= 0.6 is 0 Å². The molecule has 0 saturated carbocycles. The van der Waals surface area contributed by atoms with Crippen molar-refractivity contribution in [2.45, 2.75) is 98.3 Å². The third-order valence-corrected chi connectivity index (χ3v) is 9.91. The van der Waals surface area contributed by atoms with Crippen LogP contribution in [0.5, 0.6) is 11.5 Å². The molecule has 4 aromatic carbocycles. The topological polar surface area (TPSA) is 44.2 Å². The van der Waals surface area contributed by atoms with Gasteiger partial charge in [0.15, 0.2) is 0 Å². The fraction of sp³-hybridized carbons (Fsp3) is 0.333. The molecular formula is C51H60N2O2. The van der Waals surface area contributed by atoms with Crippen molar-refractivity contribution in [2.75, 3.05) is 13.2 Å². The second kappa shape index (κ2) is 22.9. The maximum atomic E-state index is 5.52. The molecule has 0 amide bonds. The number of nitrogens with zero attached hydrogens (tertiary/aromatic N) is 2. The van der Waals surface area contributed by atoms with E-state index in [4.69, 9.17) is 9.47 Å². The fourth-order valence-electron chi connectivity index (χ4n) is 6.66. The van der Waals surface area contributed by atoms with Gasteiger partial charge in [0.25, 0.3) is 0 Å². The third-order valence-electron chi connectivity index (χ3n) is 9.91. The van der Waals surface area contributed by atoms with Crippen LogP contribution in [0.1, 0.15) is 96.9 Å². The van der Waals surface area contributed by atoms with Crippen LogP contribution in [0.15, 0.2) is 134 Å². The van der Waals surface area contributed by atoms with Crippen LogP contribution < -0.4 is 9.47 Å². The van der Waals surface area contributed by atoms with Gasteiger partial charge in [0.1, 0.15) is 11.5 Å². The van der Waals surface area contributed by atoms with Crippen LogP contribution in [0.3, 0.4) is 0 Å². The minimum Gasteiger partial charge on any atom is -0.494 e. The predicted molar refractivity (Wildman–Crippen MR) is 233 cm³/mol. The quantitative estimate of drug-likeness (QED) is 0.0778. The van der Waals surface area contributed by atoms with Crippen LogP contribution in [0.4, 0.5) is 0 Å². The second-order valence-electron chi connectivity index (χ2n) is 14.1. The molecule has 6 rings (SSSR count). The summed E-state index contributed by atoms with van der Waals surface area (Å²) in [5, 5.41) is 0. The first-order valence-corrected chi connectivity index (χ1v) is 20.7. The molecule has 2 heterocycles. The lowest BCUT2D eigenvalue weighted by atomic mass is 10.0. The van der Waals surface area contributed by atoms with Gasteiger partial charge in [0, 0.05) is 34.9 Å². The highest BCUT2D eigenvalue weighted by Gasteiger charge is 2.05. The molecule has 0 bridgehead atoms. The van der Waals surface area contributed by atoms with E-state index in [1.54, 1.807) is 0 Å². The summed E-state index contributed by atoms with van der Waals surface area (Å²) in [6, 6.07) is 42.6. The van der Waals surface area contributed by atoms with Crippen molar-refractivity contribution in [1.29, 1.82) is 0 Å². The van der Waals surface area contributed by atoms with Gasteiger partial charge in [-0.3, -0.25) is 9.97 Å². The fourth-order valence-corrected chi connectivity index (χ4v) is 6.66. The molecule has 0 aliphatic rings. The number of aromatic nitrogens is 2. The molecule has 286 valence electrons. The molecule has 4 heteroatoms. The molecule has 0 radical (unpaired) electrons. The summed E-state index contributed by atoms with van der Waals surface area (Å²) in [6.45, 7) is 9.89. The van der Waals surface area contributed by atoms with Gasteiger partial charge in [-0.1, -0.05) is 144 Å². The number of hydrogen-bond donors (Lipinski definition) is 0. The molecule has 0 unspecified atom stereocenters. The van der Waals surface area contributed by atoms with Crippen molar-refractivity contribution in [3.05, 3.63) is 145 Å². The first kappa shape index (κ1) is 41.0. The summed E-state index contributed by atoms with van der Waals surface area (Å²) >= 11 is 0. The molecule has 0 fully saturated rings. The van der Waals surface area contributed by atoms with E-state index in [1.165, 1.54) is 114 Å². The molecule has 0 atom stereocenters.